The minimum Gasteiger partial charge on any atom is -0.481 e. The van der Waals surface area contributed by atoms with Crippen LogP contribution in [-0.4, -0.2) is 73.0 Å². The lowest BCUT2D eigenvalue weighted by Crippen LogP contribution is -2.55. The van der Waals surface area contributed by atoms with Crippen molar-refractivity contribution in [3.8, 4) is 0 Å². The van der Waals surface area contributed by atoms with E-state index in [-0.39, 0.29) is 30.5 Å². The third-order valence-electron chi connectivity index (χ3n) is 4.30. The van der Waals surface area contributed by atoms with Crippen molar-refractivity contribution in [2.75, 3.05) is 31.6 Å². The van der Waals surface area contributed by atoms with E-state index in [4.69, 9.17) is 5.11 Å². The van der Waals surface area contributed by atoms with E-state index < -0.39 is 21.8 Å². The number of carbonyl (C=O) groups excluding carboxylic acids is 1. The summed E-state index contributed by atoms with van der Waals surface area (Å²) in [4.78, 5) is 26.3. The number of urea groups is 1. The Morgan fingerprint density at radius 2 is 2.00 bits per heavy atom. The minimum atomic E-state index is -3.26. The standard InChI is InChI=1S/C13H22N2O5S/c1-9-5-10(9)7-14(2)13(18)15-3-4-21(19,20)8-11(15)6-12(16)17/h9-11H,3-8H2,1-2H3,(H,16,17). The molecule has 0 radical (unpaired) electrons. The third kappa shape index (κ3) is 4.09. The van der Waals surface area contributed by atoms with Gasteiger partial charge < -0.3 is 14.9 Å². The van der Waals surface area contributed by atoms with E-state index in [1.807, 2.05) is 0 Å². The van der Waals surface area contributed by atoms with Crippen molar-refractivity contribution in [2.45, 2.75) is 25.8 Å². The van der Waals surface area contributed by atoms with Gasteiger partial charge in [0.2, 0.25) is 0 Å². The van der Waals surface area contributed by atoms with Gasteiger partial charge in [-0.05, 0) is 18.3 Å². The first-order valence-corrected chi connectivity index (χ1v) is 8.95. The highest BCUT2D eigenvalue weighted by molar-refractivity contribution is 7.91. The van der Waals surface area contributed by atoms with Gasteiger partial charge in [-0.25, -0.2) is 13.2 Å². The van der Waals surface area contributed by atoms with E-state index >= 15 is 0 Å². The summed E-state index contributed by atoms with van der Waals surface area (Å²) in [5.41, 5.74) is 0. The molecule has 3 unspecified atom stereocenters. The maximum absolute atomic E-state index is 12.4. The van der Waals surface area contributed by atoms with Crippen molar-refractivity contribution in [2.24, 2.45) is 11.8 Å². The monoisotopic (exact) mass is 318 g/mol. The van der Waals surface area contributed by atoms with Crippen molar-refractivity contribution < 1.29 is 23.1 Å². The molecule has 1 aliphatic heterocycles. The van der Waals surface area contributed by atoms with Crippen LogP contribution >= 0.6 is 0 Å². The van der Waals surface area contributed by atoms with Crippen LogP contribution in [0.4, 0.5) is 4.79 Å². The first kappa shape index (κ1) is 16.1. The third-order valence-corrected chi connectivity index (χ3v) is 5.99. The summed E-state index contributed by atoms with van der Waals surface area (Å²) in [5.74, 6) is -0.322. The zero-order valence-corrected chi connectivity index (χ0v) is 13.2. The summed E-state index contributed by atoms with van der Waals surface area (Å²) in [7, 11) is -1.58. The fourth-order valence-electron chi connectivity index (χ4n) is 2.81. The van der Waals surface area contributed by atoms with Crippen molar-refractivity contribution in [1.29, 1.82) is 0 Å². The van der Waals surface area contributed by atoms with Crippen LogP contribution in [-0.2, 0) is 14.6 Å². The first-order valence-electron chi connectivity index (χ1n) is 7.13. The average Bonchev–Trinajstić information content (AvgIpc) is 3.02. The van der Waals surface area contributed by atoms with Gasteiger partial charge in [-0.1, -0.05) is 6.92 Å². The zero-order chi connectivity index (χ0) is 15.8. The summed E-state index contributed by atoms with van der Waals surface area (Å²) in [6, 6.07) is -1.04. The Kier molecular flexibility index (Phi) is 4.46. The second-order valence-corrected chi connectivity index (χ2v) is 8.42. The topological polar surface area (TPSA) is 95.0 Å². The number of rotatable bonds is 4. The number of nitrogens with zero attached hydrogens (tertiary/aromatic N) is 2. The van der Waals surface area contributed by atoms with Crippen molar-refractivity contribution >= 4 is 21.8 Å². The van der Waals surface area contributed by atoms with Crippen LogP contribution in [0.15, 0.2) is 0 Å². The highest BCUT2D eigenvalue weighted by Gasteiger charge is 2.39. The van der Waals surface area contributed by atoms with E-state index in [0.717, 1.165) is 6.42 Å². The largest absolute Gasteiger partial charge is 0.481 e. The predicted molar refractivity (Wildman–Crippen MR) is 76.7 cm³/mol. The van der Waals surface area contributed by atoms with Gasteiger partial charge in [-0.2, -0.15) is 0 Å². The molecule has 2 amide bonds. The second kappa shape index (κ2) is 5.82. The highest BCUT2D eigenvalue weighted by atomic mass is 32.2. The molecule has 0 aromatic heterocycles. The van der Waals surface area contributed by atoms with E-state index in [0.29, 0.717) is 18.4 Å². The van der Waals surface area contributed by atoms with E-state index in [1.165, 1.54) is 4.90 Å². The SMILES string of the molecule is CC1CC1CN(C)C(=O)N1CCS(=O)(=O)CC1CC(=O)O. The lowest BCUT2D eigenvalue weighted by Gasteiger charge is -2.37. The Hall–Kier alpha value is -1.31. The number of amides is 2. The summed E-state index contributed by atoms with van der Waals surface area (Å²) < 4.78 is 23.3. The Morgan fingerprint density at radius 1 is 1.38 bits per heavy atom. The second-order valence-electron chi connectivity index (χ2n) is 6.20. The average molecular weight is 318 g/mol. The molecule has 1 saturated carbocycles. The van der Waals surface area contributed by atoms with E-state index in [9.17, 15) is 18.0 Å². The summed E-state index contributed by atoms with van der Waals surface area (Å²) in [5, 5.41) is 8.92. The molecule has 120 valence electrons. The van der Waals surface area contributed by atoms with E-state index in [1.54, 1.807) is 11.9 Å². The molecule has 8 heteroatoms. The van der Waals surface area contributed by atoms with Crippen LogP contribution in [0.5, 0.6) is 0 Å². The van der Waals surface area contributed by atoms with Crippen LogP contribution in [0.3, 0.4) is 0 Å². The normalized spacial score (nSPS) is 30.8. The van der Waals surface area contributed by atoms with Gasteiger partial charge in [0.1, 0.15) is 0 Å². The Balaban J connectivity index is 2.03. The van der Waals surface area contributed by atoms with Crippen LogP contribution in [0.2, 0.25) is 0 Å². The molecule has 1 aliphatic carbocycles. The van der Waals surface area contributed by atoms with Crippen LogP contribution in [0, 0.1) is 11.8 Å². The number of hydrogen-bond donors (Lipinski definition) is 1. The van der Waals surface area contributed by atoms with Gasteiger partial charge >= 0.3 is 12.0 Å². The van der Waals surface area contributed by atoms with Crippen molar-refractivity contribution in [1.82, 2.24) is 9.80 Å². The first-order chi connectivity index (χ1) is 9.69. The number of hydrogen-bond acceptors (Lipinski definition) is 4. The van der Waals surface area contributed by atoms with Gasteiger partial charge in [0.05, 0.1) is 24.0 Å². The molecule has 1 heterocycles. The maximum Gasteiger partial charge on any atom is 0.320 e. The van der Waals surface area contributed by atoms with Crippen molar-refractivity contribution in [3.63, 3.8) is 0 Å². The lowest BCUT2D eigenvalue weighted by molar-refractivity contribution is -0.138. The van der Waals surface area contributed by atoms with Gasteiger partial charge in [-0.15, -0.1) is 0 Å². The molecule has 2 fully saturated rings. The molecule has 7 nitrogen and oxygen atoms in total. The van der Waals surface area contributed by atoms with Gasteiger partial charge in [-0.3, -0.25) is 4.79 Å². The Morgan fingerprint density at radius 3 is 2.52 bits per heavy atom. The highest BCUT2D eigenvalue weighted by Crippen LogP contribution is 2.38. The zero-order valence-electron chi connectivity index (χ0n) is 12.4. The number of sulfone groups is 1. The molecule has 0 spiro atoms. The fraction of sp³-hybridized carbons (Fsp3) is 0.846. The minimum absolute atomic E-state index is 0.0731. The number of carboxylic acid groups (broad SMARTS) is 1. The van der Waals surface area contributed by atoms with Crippen molar-refractivity contribution in [3.05, 3.63) is 0 Å². The summed E-state index contributed by atoms with van der Waals surface area (Å²) in [6.07, 6.45) is 0.767. The molecule has 1 saturated heterocycles. The van der Waals surface area contributed by atoms with Crippen LogP contribution in [0.1, 0.15) is 19.8 Å². The Labute approximate surface area is 124 Å². The molecule has 2 aliphatic rings. The number of carbonyl (C=O) groups is 2. The molecule has 2 rings (SSSR count). The quantitative estimate of drug-likeness (QED) is 0.802. The molecular weight excluding hydrogens is 296 g/mol. The molecule has 21 heavy (non-hydrogen) atoms. The van der Waals surface area contributed by atoms with E-state index in [2.05, 4.69) is 6.92 Å². The number of carboxylic acids is 1. The summed E-state index contributed by atoms with van der Waals surface area (Å²) in [6.45, 7) is 2.84. The van der Waals surface area contributed by atoms with Gasteiger partial charge in [0, 0.05) is 20.1 Å². The van der Waals surface area contributed by atoms with Crippen LogP contribution in [0.25, 0.3) is 0 Å². The van der Waals surface area contributed by atoms with Crippen LogP contribution < -0.4 is 0 Å². The molecule has 1 N–H and O–H groups in total. The van der Waals surface area contributed by atoms with Gasteiger partial charge in [0.25, 0.3) is 0 Å². The number of aliphatic carboxylic acids is 1. The smallest absolute Gasteiger partial charge is 0.320 e. The predicted octanol–water partition coefficient (Wildman–Crippen LogP) is 0.268. The molecular formula is C13H22N2O5S. The molecule has 0 aromatic rings. The fourth-order valence-corrected chi connectivity index (χ4v) is 4.34. The molecule has 0 bridgehead atoms. The summed E-state index contributed by atoms with van der Waals surface area (Å²) >= 11 is 0. The maximum atomic E-state index is 12.4. The van der Waals surface area contributed by atoms with Gasteiger partial charge in [0.15, 0.2) is 9.84 Å². The lowest BCUT2D eigenvalue weighted by atomic mass is 10.2. The molecule has 3 atom stereocenters. The Bertz CT molecular complexity index is 533. The molecule has 0 aromatic carbocycles.